The molecule has 0 spiro atoms. The Morgan fingerprint density at radius 3 is 2.47 bits per heavy atom. The highest BCUT2D eigenvalue weighted by molar-refractivity contribution is 5.68. The van der Waals surface area contributed by atoms with Gasteiger partial charge in [-0.1, -0.05) is 49.0 Å². The number of hydrogen-bond donors (Lipinski definition) is 2. The summed E-state index contributed by atoms with van der Waals surface area (Å²) in [5.74, 6) is 0. The van der Waals surface area contributed by atoms with E-state index < -0.39 is 0 Å². The number of nitriles is 1. The molecule has 2 heterocycles. The van der Waals surface area contributed by atoms with Crippen LogP contribution in [0.1, 0.15) is 29.5 Å². The van der Waals surface area contributed by atoms with Gasteiger partial charge >= 0.3 is 0 Å². The Morgan fingerprint density at radius 1 is 1.00 bits per heavy atom. The van der Waals surface area contributed by atoms with Gasteiger partial charge in [-0.15, -0.1) is 0 Å². The first-order valence-corrected chi connectivity index (χ1v) is 13.6. The molecule has 2 aliphatic heterocycles. The number of benzene rings is 3. The van der Waals surface area contributed by atoms with Gasteiger partial charge in [-0.25, -0.2) is 0 Å². The second-order valence-electron chi connectivity index (χ2n) is 10.3. The third-order valence-corrected chi connectivity index (χ3v) is 7.95. The topological polar surface area (TPSA) is 65.8 Å². The zero-order valence-corrected chi connectivity index (χ0v) is 22.2. The van der Waals surface area contributed by atoms with E-state index in [-0.39, 0.29) is 12.6 Å². The standard InChI is InChI=1S/C32H37N5O/c1-24-12-13-26(25(2)36-18-19-37(30(22-36)23-38)29-9-4-3-5-10-29)20-31(24)34-28-14-16-35(17-15-28)32-11-7-6-8-27(32)21-33/h3-13,20,28,30,34,38H,2,14-19,22-23H2,1H3/t30-/m0/s1. The van der Waals surface area contributed by atoms with Gasteiger partial charge in [0.1, 0.15) is 6.07 Å². The Morgan fingerprint density at radius 2 is 1.74 bits per heavy atom. The molecule has 38 heavy (non-hydrogen) atoms. The average molecular weight is 508 g/mol. The van der Waals surface area contributed by atoms with Crippen molar-refractivity contribution >= 4 is 22.8 Å². The minimum absolute atomic E-state index is 0.0299. The zero-order valence-electron chi connectivity index (χ0n) is 22.2. The van der Waals surface area contributed by atoms with Crippen LogP contribution in [0.4, 0.5) is 17.1 Å². The van der Waals surface area contributed by atoms with Crippen LogP contribution in [-0.4, -0.2) is 61.4 Å². The number of piperazine rings is 1. The van der Waals surface area contributed by atoms with Crippen molar-refractivity contribution < 1.29 is 5.11 Å². The lowest BCUT2D eigenvalue weighted by atomic mass is 10.0. The van der Waals surface area contributed by atoms with E-state index in [0.717, 1.165) is 79.5 Å². The molecular formula is C32H37N5O. The number of hydrogen-bond acceptors (Lipinski definition) is 6. The van der Waals surface area contributed by atoms with Crippen LogP contribution in [0, 0.1) is 18.3 Å². The van der Waals surface area contributed by atoms with Crippen LogP contribution in [0.15, 0.2) is 79.4 Å². The first kappa shape index (κ1) is 25.7. The van der Waals surface area contributed by atoms with Crippen LogP contribution < -0.4 is 15.1 Å². The highest BCUT2D eigenvalue weighted by atomic mass is 16.3. The van der Waals surface area contributed by atoms with E-state index in [0.29, 0.717) is 6.04 Å². The maximum atomic E-state index is 10.1. The number of anilines is 3. The summed E-state index contributed by atoms with van der Waals surface area (Å²) in [7, 11) is 0. The second kappa shape index (κ2) is 11.6. The maximum absolute atomic E-state index is 10.1. The highest BCUT2D eigenvalue weighted by Crippen LogP contribution is 2.30. The van der Waals surface area contributed by atoms with Gasteiger partial charge in [0.05, 0.1) is 23.9 Å². The molecule has 3 aromatic rings. The number of nitrogens with zero attached hydrogens (tertiary/aromatic N) is 4. The van der Waals surface area contributed by atoms with Gasteiger partial charge < -0.3 is 25.1 Å². The van der Waals surface area contributed by atoms with Crippen LogP contribution in [0.5, 0.6) is 0 Å². The summed E-state index contributed by atoms with van der Waals surface area (Å²) in [6, 6.07) is 27.5. The molecule has 0 saturated carbocycles. The van der Waals surface area contributed by atoms with Crippen LogP contribution in [0.2, 0.25) is 0 Å². The van der Waals surface area contributed by atoms with Crippen molar-refractivity contribution in [1.82, 2.24) is 4.90 Å². The fourth-order valence-corrected chi connectivity index (χ4v) is 5.68. The summed E-state index contributed by atoms with van der Waals surface area (Å²) >= 11 is 0. The second-order valence-corrected chi connectivity index (χ2v) is 10.3. The normalized spacial score (nSPS) is 18.2. The van der Waals surface area contributed by atoms with E-state index in [1.807, 2.05) is 42.5 Å². The summed E-state index contributed by atoms with van der Waals surface area (Å²) in [6.07, 6.45) is 2.04. The first-order chi connectivity index (χ1) is 18.6. The van der Waals surface area contributed by atoms with Crippen molar-refractivity contribution in [1.29, 1.82) is 5.26 Å². The SMILES string of the molecule is C=C(c1ccc(C)c(NC2CCN(c3ccccc3C#N)CC2)c1)N1CCN(c2ccccc2)[C@H](CO)C1. The predicted octanol–water partition coefficient (Wildman–Crippen LogP) is 5.10. The minimum Gasteiger partial charge on any atom is -0.394 e. The number of rotatable bonds is 7. The van der Waals surface area contributed by atoms with Crippen molar-refractivity contribution in [3.8, 4) is 6.07 Å². The third-order valence-electron chi connectivity index (χ3n) is 7.95. The van der Waals surface area contributed by atoms with Gasteiger partial charge in [-0.05, 0) is 61.2 Å². The predicted molar refractivity (Wildman–Crippen MR) is 156 cm³/mol. The van der Waals surface area contributed by atoms with Gasteiger partial charge in [0.2, 0.25) is 0 Å². The fourth-order valence-electron chi connectivity index (χ4n) is 5.68. The molecule has 2 fully saturated rings. The third kappa shape index (κ3) is 5.49. The number of aliphatic hydroxyl groups is 1. The number of piperidine rings is 1. The van der Waals surface area contributed by atoms with E-state index in [9.17, 15) is 10.4 Å². The Kier molecular flexibility index (Phi) is 7.86. The number of nitrogens with one attached hydrogen (secondary N) is 1. The average Bonchev–Trinajstić information content (AvgIpc) is 2.98. The molecule has 2 saturated heterocycles. The zero-order chi connectivity index (χ0) is 26.5. The number of aliphatic hydroxyl groups excluding tert-OH is 1. The lowest BCUT2D eigenvalue weighted by Crippen LogP contribution is -2.54. The molecule has 2 aliphatic rings. The molecule has 0 radical (unpaired) electrons. The molecule has 0 unspecified atom stereocenters. The quantitative estimate of drug-likeness (QED) is 0.464. The number of para-hydroxylation sites is 2. The van der Waals surface area contributed by atoms with Crippen molar-refractivity contribution in [2.45, 2.75) is 31.8 Å². The molecule has 0 aliphatic carbocycles. The van der Waals surface area contributed by atoms with Gasteiger partial charge in [0.25, 0.3) is 0 Å². The molecule has 6 heteroatoms. The molecule has 1 atom stereocenters. The molecule has 0 aromatic heterocycles. The molecule has 0 bridgehead atoms. The summed E-state index contributed by atoms with van der Waals surface area (Å²) in [4.78, 5) is 6.93. The van der Waals surface area contributed by atoms with E-state index >= 15 is 0 Å². The van der Waals surface area contributed by atoms with Crippen LogP contribution in [0.25, 0.3) is 5.70 Å². The van der Waals surface area contributed by atoms with Crippen molar-refractivity contribution in [2.75, 3.05) is 54.4 Å². The highest BCUT2D eigenvalue weighted by Gasteiger charge is 2.28. The van der Waals surface area contributed by atoms with E-state index in [4.69, 9.17) is 0 Å². The van der Waals surface area contributed by atoms with E-state index in [1.165, 1.54) is 5.56 Å². The Labute approximate surface area is 226 Å². The van der Waals surface area contributed by atoms with E-state index in [1.54, 1.807) is 0 Å². The maximum Gasteiger partial charge on any atom is 0.101 e. The monoisotopic (exact) mass is 507 g/mol. The van der Waals surface area contributed by atoms with Gasteiger partial charge in [0.15, 0.2) is 0 Å². The van der Waals surface area contributed by atoms with Crippen LogP contribution in [0.3, 0.4) is 0 Å². The van der Waals surface area contributed by atoms with Crippen molar-refractivity contribution in [3.05, 3.63) is 96.1 Å². The summed E-state index contributed by atoms with van der Waals surface area (Å²) < 4.78 is 0. The molecule has 5 rings (SSSR count). The first-order valence-electron chi connectivity index (χ1n) is 13.6. The summed E-state index contributed by atoms with van der Waals surface area (Å²) in [5.41, 5.74) is 7.43. The molecule has 3 aromatic carbocycles. The molecule has 0 amide bonds. The fraction of sp³-hybridized carbons (Fsp3) is 0.344. The van der Waals surface area contributed by atoms with Crippen LogP contribution in [-0.2, 0) is 0 Å². The Hall–Kier alpha value is -3.95. The van der Waals surface area contributed by atoms with Gasteiger partial charge in [0, 0.05) is 55.8 Å². The lowest BCUT2D eigenvalue weighted by molar-refractivity contribution is 0.209. The minimum atomic E-state index is 0.0299. The molecule has 196 valence electrons. The van der Waals surface area contributed by atoms with Crippen molar-refractivity contribution in [3.63, 3.8) is 0 Å². The molecule has 2 N–H and O–H groups in total. The largest absolute Gasteiger partial charge is 0.394 e. The summed E-state index contributed by atoms with van der Waals surface area (Å²) in [5, 5.41) is 23.4. The van der Waals surface area contributed by atoms with Gasteiger partial charge in [-0.3, -0.25) is 0 Å². The van der Waals surface area contributed by atoms with Crippen molar-refractivity contribution in [2.24, 2.45) is 0 Å². The van der Waals surface area contributed by atoms with Crippen LogP contribution >= 0.6 is 0 Å². The molecular weight excluding hydrogens is 470 g/mol. The smallest absolute Gasteiger partial charge is 0.101 e. The van der Waals surface area contributed by atoms with Gasteiger partial charge in [-0.2, -0.15) is 5.26 Å². The Balaban J connectivity index is 1.22. The molecule has 6 nitrogen and oxygen atoms in total. The number of aryl methyl sites for hydroxylation is 1. The lowest BCUT2D eigenvalue weighted by Gasteiger charge is -2.43. The Bertz CT molecular complexity index is 1290. The van der Waals surface area contributed by atoms with E-state index in [2.05, 4.69) is 69.9 Å². The summed E-state index contributed by atoms with van der Waals surface area (Å²) in [6.45, 7) is 11.0.